The Morgan fingerprint density at radius 2 is 2.12 bits per heavy atom. The largest absolute Gasteiger partial charge is 0.349 e. The predicted octanol–water partition coefficient (Wildman–Crippen LogP) is 1.19. The molecule has 1 fully saturated rings. The monoisotopic (exact) mass is 356 g/mol. The molecule has 1 saturated carbocycles. The fourth-order valence-electron chi connectivity index (χ4n) is 2.62. The molecule has 25 heavy (non-hydrogen) atoms. The van der Waals surface area contributed by atoms with Crippen LogP contribution in [-0.4, -0.2) is 43.5 Å². The van der Waals surface area contributed by atoms with E-state index in [1.54, 1.807) is 29.3 Å². The molecule has 4 rings (SSSR count). The summed E-state index contributed by atoms with van der Waals surface area (Å²) in [6, 6.07) is 0. The maximum absolute atomic E-state index is 12.6. The van der Waals surface area contributed by atoms with E-state index in [0.717, 1.165) is 17.8 Å². The summed E-state index contributed by atoms with van der Waals surface area (Å²) in [5.74, 6) is -0.366. The Hall–Kier alpha value is -2.81. The molecule has 0 aliphatic heterocycles. The number of hydrogen-bond donors (Lipinski definition) is 2. The van der Waals surface area contributed by atoms with Crippen LogP contribution in [-0.2, 0) is 0 Å². The summed E-state index contributed by atoms with van der Waals surface area (Å²) in [4.78, 5) is 33.4. The molecule has 2 N–H and O–H groups in total. The van der Waals surface area contributed by atoms with E-state index in [9.17, 15) is 9.59 Å². The minimum absolute atomic E-state index is 0.161. The van der Waals surface area contributed by atoms with Crippen LogP contribution in [0.15, 0.2) is 31.0 Å². The van der Waals surface area contributed by atoms with Gasteiger partial charge in [-0.05, 0) is 19.8 Å². The van der Waals surface area contributed by atoms with Crippen molar-refractivity contribution in [3.63, 3.8) is 0 Å². The van der Waals surface area contributed by atoms with Crippen LogP contribution < -0.4 is 10.6 Å². The van der Waals surface area contributed by atoms with E-state index in [2.05, 4.69) is 25.7 Å². The zero-order valence-electron chi connectivity index (χ0n) is 13.5. The normalized spacial score (nSPS) is 15.1. The van der Waals surface area contributed by atoms with Gasteiger partial charge in [0.05, 0.1) is 40.2 Å². The first kappa shape index (κ1) is 15.7. The lowest BCUT2D eigenvalue weighted by Crippen LogP contribution is -2.45. The lowest BCUT2D eigenvalue weighted by atomic mass is 10.2. The molecule has 0 radical (unpaired) electrons. The molecule has 3 heterocycles. The van der Waals surface area contributed by atoms with Crippen molar-refractivity contribution in [2.45, 2.75) is 25.3 Å². The Bertz CT molecular complexity index is 958. The van der Waals surface area contributed by atoms with Crippen molar-refractivity contribution in [2.24, 2.45) is 0 Å². The average molecular weight is 356 g/mol. The van der Waals surface area contributed by atoms with E-state index < -0.39 is 0 Å². The molecule has 9 heteroatoms. The number of carbonyl (C=O) groups excluding carboxylic acids is 2. The highest BCUT2D eigenvalue weighted by atomic mass is 32.1. The molecule has 0 saturated heterocycles. The van der Waals surface area contributed by atoms with E-state index in [0.29, 0.717) is 22.5 Å². The van der Waals surface area contributed by atoms with Crippen molar-refractivity contribution in [3.05, 3.63) is 46.4 Å². The Morgan fingerprint density at radius 3 is 2.84 bits per heavy atom. The van der Waals surface area contributed by atoms with E-state index >= 15 is 0 Å². The van der Waals surface area contributed by atoms with Gasteiger partial charge >= 0.3 is 0 Å². The molecule has 128 valence electrons. The van der Waals surface area contributed by atoms with Gasteiger partial charge in [-0.3, -0.25) is 14.6 Å². The van der Waals surface area contributed by atoms with Crippen LogP contribution in [0.2, 0.25) is 0 Å². The number of nitrogens with zero attached hydrogens (tertiary/aromatic N) is 4. The SMILES string of the molecule is Cc1ncc(C(=O)NCC2(NC(=O)c3cnn4ccncc34)CC2)s1. The minimum atomic E-state index is -0.386. The second kappa shape index (κ2) is 5.92. The highest BCUT2D eigenvalue weighted by Gasteiger charge is 2.44. The summed E-state index contributed by atoms with van der Waals surface area (Å²) in [6.07, 6.45) is 9.67. The molecule has 1 aliphatic carbocycles. The Balaban J connectivity index is 1.41. The maximum atomic E-state index is 12.6. The van der Waals surface area contributed by atoms with E-state index in [-0.39, 0.29) is 17.4 Å². The zero-order valence-corrected chi connectivity index (χ0v) is 14.3. The first-order valence-corrected chi connectivity index (χ1v) is 8.68. The second-order valence-corrected chi connectivity index (χ2v) is 7.36. The standard InChI is InChI=1S/C16H16N6O2S/c1-10-18-8-13(25-10)15(24)19-9-16(2-3-16)21-14(23)11-6-20-22-5-4-17-7-12(11)22/h4-8H,2-3,9H2,1H3,(H,19,24)(H,21,23). The minimum Gasteiger partial charge on any atom is -0.349 e. The molecule has 3 aromatic rings. The number of amides is 2. The number of aryl methyl sites for hydroxylation is 1. The van der Waals surface area contributed by atoms with Crippen LogP contribution in [0.25, 0.3) is 5.52 Å². The average Bonchev–Trinajstić information content (AvgIpc) is 3.04. The number of fused-ring (bicyclic) bond motifs is 1. The lowest BCUT2D eigenvalue weighted by molar-refractivity contribution is 0.0905. The van der Waals surface area contributed by atoms with Crippen LogP contribution in [0.5, 0.6) is 0 Å². The van der Waals surface area contributed by atoms with Gasteiger partial charge in [-0.25, -0.2) is 9.50 Å². The van der Waals surface area contributed by atoms with Crippen LogP contribution in [0, 0.1) is 6.92 Å². The summed E-state index contributed by atoms with van der Waals surface area (Å²) in [7, 11) is 0. The smallest absolute Gasteiger partial charge is 0.263 e. The van der Waals surface area contributed by atoms with Crippen molar-refractivity contribution in [3.8, 4) is 0 Å². The lowest BCUT2D eigenvalue weighted by Gasteiger charge is -2.17. The molecule has 2 amide bonds. The van der Waals surface area contributed by atoms with Crippen LogP contribution in [0.3, 0.4) is 0 Å². The molecule has 8 nitrogen and oxygen atoms in total. The maximum Gasteiger partial charge on any atom is 0.263 e. The van der Waals surface area contributed by atoms with Gasteiger partial charge in [0.15, 0.2) is 0 Å². The summed E-state index contributed by atoms with van der Waals surface area (Å²) in [5.41, 5.74) is 0.743. The Morgan fingerprint density at radius 1 is 1.28 bits per heavy atom. The molecule has 3 aromatic heterocycles. The fraction of sp³-hybridized carbons (Fsp3) is 0.312. The topological polar surface area (TPSA) is 101 Å². The molecular weight excluding hydrogens is 340 g/mol. The van der Waals surface area contributed by atoms with Crippen molar-refractivity contribution in [1.29, 1.82) is 0 Å². The summed E-state index contributed by atoms with van der Waals surface area (Å²) < 4.78 is 1.61. The van der Waals surface area contributed by atoms with Gasteiger partial charge in [-0.2, -0.15) is 5.10 Å². The second-order valence-electron chi connectivity index (χ2n) is 6.13. The van der Waals surface area contributed by atoms with Crippen LogP contribution >= 0.6 is 11.3 Å². The number of hydrogen-bond acceptors (Lipinski definition) is 6. The van der Waals surface area contributed by atoms with E-state index in [4.69, 9.17) is 0 Å². The van der Waals surface area contributed by atoms with Gasteiger partial charge < -0.3 is 10.6 Å². The number of nitrogens with one attached hydrogen (secondary N) is 2. The molecular formula is C16H16N6O2S. The van der Waals surface area contributed by atoms with Gasteiger partial charge in [-0.1, -0.05) is 0 Å². The van der Waals surface area contributed by atoms with Gasteiger partial charge in [0.2, 0.25) is 0 Å². The van der Waals surface area contributed by atoms with Crippen LogP contribution in [0.4, 0.5) is 0 Å². The summed E-state index contributed by atoms with van der Waals surface area (Å²) >= 11 is 1.35. The summed E-state index contributed by atoms with van der Waals surface area (Å²) in [6.45, 7) is 2.25. The summed E-state index contributed by atoms with van der Waals surface area (Å²) in [5, 5.41) is 10.9. The van der Waals surface area contributed by atoms with Gasteiger partial charge in [0.25, 0.3) is 11.8 Å². The van der Waals surface area contributed by atoms with Gasteiger partial charge in [-0.15, -0.1) is 11.3 Å². The Kier molecular flexibility index (Phi) is 3.72. The highest BCUT2D eigenvalue weighted by molar-refractivity contribution is 7.13. The van der Waals surface area contributed by atoms with Crippen molar-refractivity contribution < 1.29 is 9.59 Å². The van der Waals surface area contributed by atoms with Crippen LogP contribution in [0.1, 0.15) is 37.9 Å². The number of thiazole rings is 1. The van der Waals surface area contributed by atoms with E-state index in [1.807, 2.05) is 6.92 Å². The molecule has 1 aliphatic rings. The highest BCUT2D eigenvalue weighted by Crippen LogP contribution is 2.35. The third-order valence-electron chi connectivity index (χ3n) is 4.23. The quantitative estimate of drug-likeness (QED) is 0.715. The number of aromatic nitrogens is 4. The predicted molar refractivity (Wildman–Crippen MR) is 91.6 cm³/mol. The number of carbonyl (C=O) groups is 2. The molecule has 0 aromatic carbocycles. The first-order valence-electron chi connectivity index (χ1n) is 7.87. The van der Waals surface area contributed by atoms with Crippen molar-refractivity contribution in [2.75, 3.05) is 6.54 Å². The molecule has 0 spiro atoms. The molecule has 0 unspecified atom stereocenters. The third-order valence-corrected chi connectivity index (χ3v) is 5.15. The van der Waals surface area contributed by atoms with Gasteiger partial charge in [0.1, 0.15) is 4.88 Å². The van der Waals surface area contributed by atoms with Crippen molar-refractivity contribution >= 4 is 28.7 Å². The molecule has 0 bridgehead atoms. The molecule has 0 atom stereocenters. The first-order chi connectivity index (χ1) is 12.1. The van der Waals surface area contributed by atoms with E-state index in [1.165, 1.54) is 17.5 Å². The fourth-order valence-corrected chi connectivity index (χ4v) is 3.31. The Labute approximate surface area is 147 Å². The van der Waals surface area contributed by atoms with Gasteiger partial charge in [0, 0.05) is 18.9 Å². The zero-order chi connectivity index (χ0) is 17.4. The third kappa shape index (κ3) is 3.10. The van der Waals surface area contributed by atoms with Crippen molar-refractivity contribution in [1.82, 2.24) is 30.2 Å². The number of rotatable bonds is 5.